The zero-order chi connectivity index (χ0) is 9.12. The third kappa shape index (κ3) is 5.20. The first-order valence-electron chi connectivity index (χ1n) is 3.14. The Morgan fingerprint density at radius 3 is 2.08 bits per heavy atom. The van der Waals surface area contributed by atoms with Crippen LogP contribution in [-0.4, -0.2) is 18.2 Å². The van der Waals surface area contributed by atoms with E-state index in [1.807, 2.05) is 0 Å². The second-order valence-corrected chi connectivity index (χ2v) is 3.70. The molecule has 0 aliphatic carbocycles. The summed E-state index contributed by atoms with van der Waals surface area (Å²) in [6, 6.07) is 0. The van der Waals surface area contributed by atoms with Crippen molar-refractivity contribution >= 4 is 10.1 Å². The quantitative estimate of drug-likeness (QED) is 0.425. The van der Waals surface area contributed by atoms with E-state index in [9.17, 15) is 21.8 Å². The molecule has 0 unspecified atom stereocenters. The van der Waals surface area contributed by atoms with Gasteiger partial charge in [-0.05, 0) is 6.42 Å². The van der Waals surface area contributed by atoms with E-state index in [-0.39, 0.29) is 57.8 Å². The molecular weight excluding hydrogens is 217 g/mol. The van der Waals surface area contributed by atoms with Gasteiger partial charge in [0.25, 0.3) is 0 Å². The summed E-state index contributed by atoms with van der Waals surface area (Å²) in [5, 5.41) is -4.09. The smallest absolute Gasteiger partial charge is 0.743 e. The van der Waals surface area contributed by atoms with Gasteiger partial charge in [0.15, 0.2) is 10.1 Å². The molecule has 0 aliphatic rings. The summed E-state index contributed by atoms with van der Waals surface area (Å²) in [7, 11) is -5.46. The summed E-state index contributed by atoms with van der Waals surface area (Å²) in [6.07, 6.45) is -0.408. The average Bonchev–Trinajstić information content (AvgIpc) is 1.81. The van der Waals surface area contributed by atoms with Crippen LogP contribution in [0.15, 0.2) is 0 Å². The van der Waals surface area contributed by atoms with Crippen LogP contribution in [-0.2, 0) is 10.1 Å². The number of unbranched alkanes of at least 4 members (excludes halogenated alkanes) is 1. The van der Waals surface area contributed by atoms with Crippen LogP contribution in [0.5, 0.6) is 0 Å². The molecule has 7 heteroatoms. The Balaban J connectivity index is 0. The summed E-state index contributed by atoms with van der Waals surface area (Å²) in [4.78, 5) is 0. The van der Waals surface area contributed by atoms with E-state index in [4.69, 9.17) is 0 Å². The topological polar surface area (TPSA) is 57.2 Å². The molecule has 0 aromatic heterocycles. The van der Waals surface area contributed by atoms with Crippen molar-refractivity contribution in [2.45, 2.75) is 31.4 Å². The van der Waals surface area contributed by atoms with Gasteiger partial charge in [-0.1, -0.05) is 13.3 Å². The molecule has 0 aliphatic heterocycles. The minimum atomic E-state index is -5.46. The Kier molecular flexibility index (Phi) is 7.93. The Bertz CT molecular complexity index is 215. The van der Waals surface area contributed by atoms with Gasteiger partial charge in [0.05, 0.1) is 0 Å². The molecular formula is C5H9F2KO3S. The molecule has 0 aromatic carbocycles. The number of hydrogen-bond acceptors (Lipinski definition) is 3. The van der Waals surface area contributed by atoms with E-state index < -0.39 is 21.8 Å². The van der Waals surface area contributed by atoms with Crippen molar-refractivity contribution in [1.29, 1.82) is 0 Å². The summed E-state index contributed by atoms with van der Waals surface area (Å²) in [6.45, 7) is 1.63. The van der Waals surface area contributed by atoms with Crippen molar-refractivity contribution in [3.05, 3.63) is 0 Å². The van der Waals surface area contributed by atoms with Crippen LogP contribution in [0.2, 0.25) is 0 Å². The fourth-order valence-corrected chi connectivity index (χ4v) is 0.902. The number of halogens is 2. The van der Waals surface area contributed by atoms with E-state index in [0.717, 1.165) is 0 Å². The van der Waals surface area contributed by atoms with E-state index in [1.165, 1.54) is 0 Å². The molecule has 3 nitrogen and oxygen atoms in total. The fraction of sp³-hybridized carbons (Fsp3) is 1.00. The van der Waals surface area contributed by atoms with Gasteiger partial charge >= 0.3 is 56.6 Å². The standard InChI is InChI=1S/C5H10F2O3S.K/c1-2-3-4-5(6,7)11(8,9)10;/h2-4H2,1H3,(H,8,9,10);/q;+1/p-1. The number of hydrogen-bond donors (Lipinski definition) is 0. The Morgan fingerprint density at radius 1 is 1.42 bits per heavy atom. The van der Waals surface area contributed by atoms with Gasteiger partial charge in [-0.2, -0.15) is 8.78 Å². The zero-order valence-corrected chi connectivity index (χ0v) is 10.9. The molecule has 0 aromatic rings. The normalized spacial score (nSPS) is 12.3. The van der Waals surface area contributed by atoms with Gasteiger partial charge in [-0.25, -0.2) is 8.42 Å². The predicted molar refractivity (Wildman–Crippen MR) is 34.2 cm³/mol. The van der Waals surface area contributed by atoms with Crippen LogP contribution in [0.4, 0.5) is 8.78 Å². The number of rotatable bonds is 4. The summed E-state index contributed by atoms with van der Waals surface area (Å²) in [5.41, 5.74) is 0. The van der Waals surface area contributed by atoms with Crippen molar-refractivity contribution in [3.63, 3.8) is 0 Å². The van der Waals surface area contributed by atoms with Gasteiger partial charge < -0.3 is 4.55 Å². The van der Waals surface area contributed by atoms with Crippen LogP contribution in [0, 0.1) is 0 Å². The van der Waals surface area contributed by atoms with Crippen molar-refractivity contribution < 1.29 is 73.1 Å². The molecule has 0 saturated carbocycles. The SMILES string of the molecule is CCCCC(F)(F)S(=O)(=O)[O-].[K+]. The van der Waals surface area contributed by atoms with Crippen LogP contribution in [0.3, 0.4) is 0 Å². The Hall–Kier alpha value is 1.41. The molecule has 0 heterocycles. The maximum Gasteiger partial charge on any atom is 1.00 e. The molecule has 0 spiro atoms. The molecule has 0 rings (SSSR count). The molecule has 0 amide bonds. The largest absolute Gasteiger partial charge is 1.00 e. The molecule has 0 radical (unpaired) electrons. The van der Waals surface area contributed by atoms with Crippen molar-refractivity contribution in [2.24, 2.45) is 0 Å². The maximum absolute atomic E-state index is 12.2. The van der Waals surface area contributed by atoms with Crippen molar-refractivity contribution in [3.8, 4) is 0 Å². The molecule has 0 bridgehead atoms. The first-order valence-corrected chi connectivity index (χ1v) is 4.55. The van der Waals surface area contributed by atoms with Gasteiger partial charge in [-0.15, -0.1) is 0 Å². The van der Waals surface area contributed by atoms with E-state index in [2.05, 4.69) is 0 Å². The molecule has 0 N–H and O–H groups in total. The van der Waals surface area contributed by atoms with E-state index in [1.54, 1.807) is 6.92 Å². The maximum atomic E-state index is 12.2. The second-order valence-electron chi connectivity index (χ2n) is 2.20. The van der Waals surface area contributed by atoms with E-state index in [0.29, 0.717) is 6.42 Å². The van der Waals surface area contributed by atoms with Crippen molar-refractivity contribution in [1.82, 2.24) is 0 Å². The van der Waals surface area contributed by atoms with Crippen LogP contribution < -0.4 is 51.4 Å². The Morgan fingerprint density at radius 2 is 1.83 bits per heavy atom. The summed E-state index contributed by atoms with van der Waals surface area (Å²) >= 11 is 0. The van der Waals surface area contributed by atoms with Gasteiger partial charge in [0.2, 0.25) is 0 Å². The van der Waals surface area contributed by atoms with Gasteiger partial charge in [0.1, 0.15) is 0 Å². The van der Waals surface area contributed by atoms with Gasteiger partial charge in [0, 0.05) is 6.42 Å². The molecule has 12 heavy (non-hydrogen) atoms. The van der Waals surface area contributed by atoms with Gasteiger partial charge in [-0.3, -0.25) is 0 Å². The first-order chi connectivity index (χ1) is 4.81. The Labute approximate surface area is 113 Å². The minimum Gasteiger partial charge on any atom is -0.743 e. The third-order valence-electron chi connectivity index (χ3n) is 1.19. The molecule has 68 valence electrons. The van der Waals surface area contributed by atoms with E-state index >= 15 is 0 Å². The third-order valence-corrected chi connectivity index (χ3v) is 2.12. The molecule has 0 atom stereocenters. The van der Waals surface area contributed by atoms with Crippen LogP contribution >= 0.6 is 0 Å². The summed E-state index contributed by atoms with van der Waals surface area (Å²) in [5.74, 6) is 0. The minimum absolute atomic E-state index is 0. The average molecular weight is 226 g/mol. The van der Waals surface area contributed by atoms with Crippen LogP contribution in [0.1, 0.15) is 26.2 Å². The van der Waals surface area contributed by atoms with Crippen LogP contribution in [0.25, 0.3) is 0 Å². The number of alkyl halides is 2. The van der Waals surface area contributed by atoms with Crippen molar-refractivity contribution in [2.75, 3.05) is 0 Å². The molecule has 0 saturated heterocycles. The second kappa shape index (κ2) is 6.00. The monoisotopic (exact) mass is 226 g/mol. The summed E-state index contributed by atoms with van der Waals surface area (Å²) < 4.78 is 54.0. The molecule has 0 fully saturated rings. The predicted octanol–water partition coefficient (Wildman–Crippen LogP) is -1.68. The first kappa shape index (κ1) is 15.9. The fourth-order valence-electron chi connectivity index (χ4n) is 0.508. The zero-order valence-electron chi connectivity index (χ0n) is 7.01.